The third-order valence-corrected chi connectivity index (χ3v) is 6.41. The Hall–Kier alpha value is -4.10. The molecule has 0 spiro atoms. The number of aromatic amines is 1. The smallest absolute Gasteiger partial charge is 0.331 e. The molecule has 2 heterocycles. The lowest BCUT2D eigenvalue weighted by Crippen LogP contribution is -2.54. The van der Waals surface area contributed by atoms with Gasteiger partial charge < -0.3 is 19.9 Å². The molecule has 5 rings (SSSR count). The number of rotatable bonds is 6. The first-order valence-electron chi connectivity index (χ1n) is 11.8. The predicted octanol–water partition coefficient (Wildman–Crippen LogP) is 3.50. The van der Waals surface area contributed by atoms with Crippen molar-refractivity contribution < 1.29 is 9.53 Å². The third kappa shape index (κ3) is 4.50. The average molecular weight is 469 g/mol. The summed E-state index contributed by atoms with van der Waals surface area (Å²) in [6.45, 7) is 1.96. The Bertz CT molecular complexity index is 1360. The van der Waals surface area contributed by atoms with Crippen LogP contribution in [0.15, 0.2) is 89.7 Å². The first-order chi connectivity index (χ1) is 17.2. The Kier molecular flexibility index (Phi) is 6.50. The molecule has 1 atom stereocenters. The molecule has 0 bridgehead atoms. The minimum Gasteiger partial charge on any atom is -0.495 e. The Morgan fingerprint density at radius 1 is 0.971 bits per heavy atom. The van der Waals surface area contributed by atoms with Gasteiger partial charge in [0.2, 0.25) is 0 Å². The highest BCUT2D eigenvalue weighted by Crippen LogP contribution is 2.30. The standard InChI is InChI=1S/C28H28N4O3/c1-35-24-15-9-8-14-23(24)32-26(21-12-6-3-7-13-21)25(30-28(32)34)27(33)31-17-16-29-19-22(31)18-20-10-4-2-5-11-20/h2-15,22,29H,16-19H2,1H3,(H,30,34)/t22-/m1/s1. The molecule has 4 aromatic rings. The van der Waals surface area contributed by atoms with Crippen molar-refractivity contribution in [1.82, 2.24) is 19.8 Å². The molecule has 1 aliphatic heterocycles. The molecule has 0 radical (unpaired) electrons. The van der Waals surface area contributed by atoms with E-state index in [0.717, 1.165) is 12.0 Å². The van der Waals surface area contributed by atoms with Crippen LogP contribution in [0.4, 0.5) is 0 Å². The van der Waals surface area contributed by atoms with Crippen LogP contribution in [-0.4, -0.2) is 53.1 Å². The van der Waals surface area contributed by atoms with Crippen molar-refractivity contribution >= 4 is 5.91 Å². The number of H-pyrrole nitrogens is 1. The number of hydrogen-bond acceptors (Lipinski definition) is 4. The fourth-order valence-corrected chi connectivity index (χ4v) is 4.74. The van der Waals surface area contributed by atoms with Gasteiger partial charge in [0.15, 0.2) is 0 Å². The molecule has 2 N–H and O–H groups in total. The number of ether oxygens (including phenoxy) is 1. The number of methoxy groups -OCH3 is 1. The van der Waals surface area contributed by atoms with Crippen molar-refractivity contribution in [2.45, 2.75) is 12.5 Å². The van der Waals surface area contributed by atoms with Gasteiger partial charge in [0.05, 0.1) is 18.5 Å². The normalized spacial score (nSPS) is 15.7. The van der Waals surface area contributed by atoms with E-state index >= 15 is 0 Å². The molecule has 1 aromatic heterocycles. The van der Waals surface area contributed by atoms with Gasteiger partial charge in [0.1, 0.15) is 11.4 Å². The van der Waals surface area contributed by atoms with E-state index in [-0.39, 0.29) is 23.3 Å². The second-order valence-electron chi connectivity index (χ2n) is 8.57. The van der Waals surface area contributed by atoms with Gasteiger partial charge in [-0.15, -0.1) is 0 Å². The molecule has 7 nitrogen and oxygen atoms in total. The highest BCUT2D eigenvalue weighted by atomic mass is 16.5. The number of piperazine rings is 1. The lowest BCUT2D eigenvalue weighted by atomic mass is 10.0. The van der Waals surface area contributed by atoms with E-state index in [9.17, 15) is 9.59 Å². The van der Waals surface area contributed by atoms with Crippen LogP contribution in [0, 0.1) is 0 Å². The molecule has 0 saturated carbocycles. The second kappa shape index (κ2) is 10.0. The van der Waals surface area contributed by atoms with Crippen molar-refractivity contribution in [2.24, 2.45) is 0 Å². The van der Waals surface area contributed by atoms with Crippen molar-refractivity contribution in [2.75, 3.05) is 26.7 Å². The van der Waals surface area contributed by atoms with Crippen LogP contribution in [0.1, 0.15) is 16.1 Å². The van der Waals surface area contributed by atoms with Crippen molar-refractivity contribution in [3.63, 3.8) is 0 Å². The topological polar surface area (TPSA) is 79.4 Å². The number of carbonyl (C=O) groups is 1. The summed E-state index contributed by atoms with van der Waals surface area (Å²) >= 11 is 0. The summed E-state index contributed by atoms with van der Waals surface area (Å²) in [5.41, 5.74) is 2.95. The lowest BCUT2D eigenvalue weighted by Gasteiger charge is -2.36. The van der Waals surface area contributed by atoms with Gasteiger partial charge in [0, 0.05) is 31.2 Å². The molecule has 0 unspecified atom stereocenters. The SMILES string of the molecule is COc1ccccc1-n1c(-c2ccccc2)c(C(=O)N2CCNC[C@H]2Cc2ccccc2)[nH]c1=O. The number of nitrogens with one attached hydrogen (secondary N) is 2. The zero-order valence-electron chi connectivity index (χ0n) is 19.6. The molecular weight excluding hydrogens is 440 g/mol. The summed E-state index contributed by atoms with van der Waals surface area (Å²) in [5.74, 6) is 0.367. The monoisotopic (exact) mass is 468 g/mol. The molecule has 35 heavy (non-hydrogen) atoms. The zero-order chi connectivity index (χ0) is 24.2. The van der Waals surface area contributed by atoms with Gasteiger partial charge in [-0.2, -0.15) is 0 Å². The van der Waals surface area contributed by atoms with Crippen LogP contribution < -0.4 is 15.7 Å². The van der Waals surface area contributed by atoms with E-state index in [1.54, 1.807) is 13.2 Å². The summed E-state index contributed by atoms with van der Waals surface area (Å²) < 4.78 is 7.08. The quantitative estimate of drug-likeness (QED) is 0.454. The van der Waals surface area contributed by atoms with Crippen molar-refractivity contribution in [3.8, 4) is 22.7 Å². The van der Waals surface area contributed by atoms with Gasteiger partial charge in [-0.25, -0.2) is 4.79 Å². The van der Waals surface area contributed by atoms with Crippen LogP contribution in [0.25, 0.3) is 16.9 Å². The first kappa shape index (κ1) is 22.7. The van der Waals surface area contributed by atoms with Gasteiger partial charge >= 0.3 is 5.69 Å². The Morgan fingerprint density at radius 3 is 2.40 bits per heavy atom. The number of amides is 1. The molecule has 1 aliphatic rings. The van der Waals surface area contributed by atoms with E-state index in [2.05, 4.69) is 22.4 Å². The molecule has 0 aliphatic carbocycles. The van der Waals surface area contributed by atoms with E-state index in [0.29, 0.717) is 36.8 Å². The Morgan fingerprint density at radius 2 is 1.66 bits per heavy atom. The highest BCUT2D eigenvalue weighted by Gasteiger charge is 2.32. The van der Waals surface area contributed by atoms with Crippen LogP contribution in [0.3, 0.4) is 0 Å². The van der Waals surface area contributed by atoms with Gasteiger partial charge in [-0.3, -0.25) is 9.36 Å². The van der Waals surface area contributed by atoms with Crippen LogP contribution in [0.5, 0.6) is 5.75 Å². The Balaban J connectivity index is 1.61. The first-order valence-corrected chi connectivity index (χ1v) is 11.8. The van der Waals surface area contributed by atoms with Gasteiger partial charge in [-0.05, 0) is 24.1 Å². The van der Waals surface area contributed by atoms with Crippen LogP contribution in [-0.2, 0) is 6.42 Å². The minimum atomic E-state index is -0.383. The largest absolute Gasteiger partial charge is 0.495 e. The lowest BCUT2D eigenvalue weighted by molar-refractivity contribution is 0.0631. The van der Waals surface area contributed by atoms with Gasteiger partial charge in [-0.1, -0.05) is 72.8 Å². The van der Waals surface area contributed by atoms with E-state index in [1.807, 2.05) is 71.6 Å². The van der Waals surface area contributed by atoms with Crippen LogP contribution >= 0.6 is 0 Å². The molecule has 178 valence electrons. The van der Waals surface area contributed by atoms with E-state index in [1.165, 1.54) is 10.1 Å². The molecular formula is C28H28N4O3. The summed E-state index contributed by atoms with van der Waals surface area (Å²) in [4.78, 5) is 32.1. The maximum absolute atomic E-state index is 14.0. The third-order valence-electron chi connectivity index (χ3n) is 6.41. The van der Waals surface area contributed by atoms with Gasteiger partial charge in [0.25, 0.3) is 5.91 Å². The minimum absolute atomic E-state index is 0.0274. The molecule has 3 aromatic carbocycles. The zero-order valence-corrected chi connectivity index (χ0v) is 19.6. The number of carbonyl (C=O) groups excluding carboxylic acids is 1. The van der Waals surface area contributed by atoms with E-state index in [4.69, 9.17) is 4.74 Å². The maximum atomic E-state index is 14.0. The molecule has 1 amide bonds. The number of para-hydroxylation sites is 2. The summed E-state index contributed by atoms with van der Waals surface area (Å²) in [5, 5.41) is 3.41. The summed E-state index contributed by atoms with van der Waals surface area (Å²) in [7, 11) is 1.57. The van der Waals surface area contributed by atoms with Crippen molar-refractivity contribution in [1.29, 1.82) is 0 Å². The van der Waals surface area contributed by atoms with Crippen LogP contribution in [0.2, 0.25) is 0 Å². The molecule has 1 saturated heterocycles. The highest BCUT2D eigenvalue weighted by molar-refractivity contribution is 5.99. The average Bonchev–Trinajstić information content (AvgIpc) is 3.26. The molecule has 7 heteroatoms. The number of aromatic nitrogens is 2. The number of imidazole rings is 1. The number of hydrogen-bond donors (Lipinski definition) is 2. The fourth-order valence-electron chi connectivity index (χ4n) is 4.74. The van der Waals surface area contributed by atoms with E-state index < -0.39 is 0 Å². The summed E-state index contributed by atoms with van der Waals surface area (Å²) in [6.07, 6.45) is 0.734. The number of benzene rings is 3. The second-order valence-corrected chi connectivity index (χ2v) is 8.57. The van der Waals surface area contributed by atoms with Crippen molar-refractivity contribution in [3.05, 3.63) is 107 Å². The maximum Gasteiger partial charge on any atom is 0.331 e. The fraction of sp³-hybridized carbons (Fsp3) is 0.214. The number of nitrogens with zero attached hydrogens (tertiary/aromatic N) is 2. The molecule has 1 fully saturated rings. The summed E-state index contributed by atoms with van der Waals surface area (Å²) in [6, 6.07) is 27.0. The predicted molar refractivity (Wildman–Crippen MR) is 136 cm³/mol. The Labute approximate surface area is 204 Å².